The summed E-state index contributed by atoms with van der Waals surface area (Å²) in [5, 5.41) is 9.87. The number of allylic oxidation sites excluding steroid dienone is 1. The van der Waals surface area contributed by atoms with Crippen LogP contribution < -0.4 is 16.1 Å². The Kier molecular flexibility index (Phi) is 4.64. The maximum Gasteiger partial charge on any atom is 0.341 e. The van der Waals surface area contributed by atoms with Gasteiger partial charge in [0.25, 0.3) is 0 Å². The Morgan fingerprint density at radius 2 is 2.00 bits per heavy atom. The van der Waals surface area contributed by atoms with Gasteiger partial charge >= 0.3 is 5.97 Å². The van der Waals surface area contributed by atoms with Crippen LogP contribution in [0.5, 0.6) is 0 Å². The van der Waals surface area contributed by atoms with Crippen molar-refractivity contribution in [2.75, 3.05) is 18.0 Å². The predicted octanol–water partition coefficient (Wildman–Crippen LogP) is 2.93. The van der Waals surface area contributed by atoms with Gasteiger partial charge in [0.1, 0.15) is 22.6 Å². The van der Waals surface area contributed by atoms with Crippen molar-refractivity contribution in [3.63, 3.8) is 0 Å². The molecule has 2 aromatic heterocycles. The summed E-state index contributed by atoms with van der Waals surface area (Å²) in [5.74, 6) is 0.196. The van der Waals surface area contributed by atoms with E-state index in [0.29, 0.717) is 35.4 Å². The number of fused-ring (bicyclic) bond motifs is 2. The fourth-order valence-electron chi connectivity index (χ4n) is 5.20. The number of carbonyl (C=O) groups is 1. The van der Waals surface area contributed by atoms with Crippen LogP contribution in [-0.2, 0) is 0 Å². The molecule has 1 unspecified atom stereocenters. The monoisotopic (exact) mass is 446 g/mol. The highest BCUT2D eigenvalue weighted by atomic mass is 35.5. The zero-order valence-electron chi connectivity index (χ0n) is 17.3. The highest BCUT2D eigenvalue weighted by molar-refractivity contribution is 6.37. The number of nitrogens with zero attached hydrogens (tertiary/aromatic N) is 3. The molecule has 0 bridgehead atoms. The van der Waals surface area contributed by atoms with E-state index in [-0.39, 0.29) is 28.8 Å². The van der Waals surface area contributed by atoms with Gasteiger partial charge in [0, 0.05) is 37.7 Å². The van der Waals surface area contributed by atoms with Crippen LogP contribution in [0.1, 0.15) is 35.4 Å². The lowest BCUT2D eigenvalue weighted by Crippen LogP contribution is -2.38. The maximum absolute atomic E-state index is 14.0. The minimum absolute atomic E-state index is 0.0402. The van der Waals surface area contributed by atoms with Crippen LogP contribution in [0.2, 0.25) is 5.02 Å². The molecule has 2 aliphatic carbocycles. The molecule has 1 aliphatic heterocycles. The maximum atomic E-state index is 14.0. The van der Waals surface area contributed by atoms with Gasteiger partial charge in [0.15, 0.2) is 0 Å². The number of carboxylic acids is 1. The second kappa shape index (κ2) is 7.03. The van der Waals surface area contributed by atoms with E-state index in [9.17, 15) is 19.1 Å². The number of hydrogen-bond acceptors (Lipinski definition) is 5. The number of halogens is 2. The summed E-state index contributed by atoms with van der Waals surface area (Å²) < 4.78 is 15.5. The lowest BCUT2D eigenvalue weighted by Gasteiger charge is -2.30. The van der Waals surface area contributed by atoms with Gasteiger partial charge in [0.2, 0.25) is 5.43 Å². The second-order valence-electron chi connectivity index (χ2n) is 9.02. The number of rotatable bonds is 3. The van der Waals surface area contributed by atoms with Crippen LogP contribution in [0.3, 0.4) is 0 Å². The summed E-state index contributed by atoms with van der Waals surface area (Å²) in [7, 11) is 0. The number of pyridine rings is 2. The summed E-state index contributed by atoms with van der Waals surface area (Å²) in [5.41, 5.74) is 6.01. The zero-order chi connectivity index (χ0) is 22.2. The van der Waals surface area contributed by atoms with E-state index in [1.807, 2.05) is 0 Å². The normalized spacial score (nSPS) is 31.8. The number of nitrogens with two attached hydrogens (primary N) is 1. The van der Waals surface area contributed by atoms with Crippen molar-refractivity contribution in [3.8, 4) is 0 Å². The molecule has 7 nitrogen and oxygen atoms in total. The van der Waals surface area contributed by atoms with E-state index >= 15 is 0 Å². The molecule has 3 aliphatic rings. The van der Waals surface area contributed by atoms with Gasteiger partial charge in [-0.1, -0.05) is 30.7 Å². The van der Waals surface area contributed by atoms with Gasteiger partial charge in [-0.2, -0.15) is 0 Å². The average Bonchev–Trinajstić information content (AvgIpc) is 3.26. The van der Waals surface area contributed by atoms with Crippen molar-refractivity contribution >= 4 is 34.3 Å². The third-order valence-electron chi connectivity index (χ3n) is 7.06. The van der Waals surface area contributed by atoms with Crippen LogP contribution in [0.15, 0.2) is 23.1 Å². The SMILES string of the molecule is Cc1nc(N2C[C@@H]3[C@H](N)C=CC(C)[C@H]3C2)c(Cl)c2c1c(=O)c(C(=O)O)cn2[C@@H]1C[C@@H]1F. The first kappa shape index (κ1) is 20.5. The van der Waals surface area contributed by atoms with E-state index in [2.05, 4.69) is 29.0 Å². The van der Waals surface area contributed by atoms with Crippen molar-refractivity contribution in [3.05, 3.63) is 44.9 Å². The molecule has 1 saturated carbocycles. The zero-order valence-corrected chi connectivity index (χ0v) is 18.0. The lowest BCUT2D eigenvalue weighted by atomic mass is 9.77. The van der Waals surface area contributed by atoms with Crippen molar-refractivity contribution in [2.24, 2.45) is 23.5 Å². The Bertz CT molecular complexity index is 1180. The first-order chi connectivity index (χ1) is 14.7. The number of carboxylic acid groups (broad SMARTS) is 1. The van der Waals surface area contributed by atoms with E-state index in [1.54, 1.807) is 6.92 Å². The minimum Gasteiger partial charge on any atom is -0.477 e. The van der Waals surface area contributed by atoms with Gasteiger partial charge in [-0.25, -0.2) is 14.2 Å². The fraction of sp³-hybridized carbons (Fsp3) is 0.500. The average molecular weight is 447 g/mol. The van der Waals surface area contributed by atoms with Gasteiger partial charge in [-0.15, -0.1) is 0 Å². The number of aryl methyl sites for hydroxylation is 1. The van der Waals surface area contributed by atoms with Crippen molar-refractivity contribution in [1.82, 2.24) is 9.55 Å². The highest BCUT2D eigenvalue weighted by Crippen LogP contribution is 2.45. The van der Waals surface area contributed by atoms with Crippen LogP contribution in [-0.4, -0.2) is 45.9 Å². The molecule has 164 valence electrons. The van der Waals surface area contributed by atoms with Gasteiger partial charge in [0.05, 0.1) is 22.6 Å². The third-order valence-corrected chi connectivity index (χ3v) is 7.41. The number of hydrogen-bond donors (Lipinski definition) is 2. The first-order valence-corrected chi connectivity index (χ1v) is 10.9. The molecule has 6 atom stereocenters. The quantitative estimate of drug-likeness (QED) is 0.703. The topological polar surface area (TPSA) is 101 Å². The van der Waals surface area contributed by atoms with E-state index in [4.69, 9.17) is 17.3 Å². The summed E-state index contributed by atoms with van der Waals surface area (Å²) in [6.45, 7) is 5.25. The molecule has 0 aromatic carbocycles. The van der Waals surface area contributed by atoms with Gasteiger partial charge in [-0.3, -0.25) is 4.79 Å². The Hall–Kier alpha value is -2.45. The van der Waals surface area contributed by atoms with Gasteiger partial charge in [-0.05, 0) is 18.8 Å². The number of aromatic carboxylic acids is 1. The molecule has 1 saturated heterocycles. The molecule has 5 rings (SSSR count). The number of anilines is 1. The minimum atomic E-state index is -1.35. The molecule has 0 amide bonds. The van der Waals surface area contributed by atoms with Gasteiger partial charge < -0.3 is 20.3 Å². The lowest BCUT2D eigenvalue weighted by molar-refractivity contribution is 0.0694. The van der Waals surface area contributed by atoms with Crippen molar-refractivity contribution in [1.29, 1.82) is 0 Å². The smallest absolute Gasteiger partial charge is 0.341 e. The molecule has 0 spiro atoms. The van der Waals surface area contributed by atoms with Crippen LogP contribution in [0.25, 0.3) is 10.9 Å². The largest absolute Gasteiger partial charge is 0.477 e. The van der Waals surface area contributed by atoms with E-state index in [1.165, 1.54) is 10.8 Å². The molecule has 3 N–H and O–H groups in total. The third kappa shape index (κ3) is 3.07. The summed E-state index contributed by atoms with van der Waals surface area (Å²) in [4.78, 5) is 31.3. The van der Waals surface area contributed by atoms with E-state index in [0.717, 1.165) is 6.54 Å². The van der Waals surface area contributed by atoms with Crippen molar-refractivity contribution < 1.29 is 14.3 Å². The Balaban J connectivity index is 1.69. The first-order valence-electron chi connectivity index (χ1n) is 10.5. The Morgan fingerprint density at radius 3 is 2.61 bits per heavy atom. The van der Waals surface area contributed by atoms with Crippen molar-refractivity contribution in [2.45, 2.75) is 38.5 Å². The molecule has 2 aromatic rings. The Morgan fingerprint density at radius 1 is 1.32 bits per heavy atom. The molecule has 31 heavy (non-hydrogen) atoms. The second-order valence-corrected chi connectivity index (χ2v) is 9.39. The predicted molar refractivity (Wildman–Crippen MR) is 117 cm³/mol. The molecule has 9 heteroatoms. The molecule has 0 radical (unpaired) electrons. The van der Waals surface area contributed by atoms with E-state index < -0.39 is 29.2 Å². The summed E-state index contributed by atoms with van der Waals surface area (Å²) in [6.07, 6.45) is 4.58. The Labute approximate surface area is 183 Å². The van der Waals surface area contributed by atoms with Crippen LogP contribution in [0.4, 0.5) is 10.2 Å². The number of aromatic nitrogens is 2. The standard InChI is InChI=1S/C22H24ClFN4O3/c1-9-3-4-15(25)12-7-27(6-11(9)12)21-18(23)19-17(10(2)26-21)20(29)13(22(30)31)8-28(19)16-5-14(16)24/h3-4,8-9,11-12,14-16H,5-7,25H2,1-2H3,(H,30,31)/t9?,11-,12+,14+,15-,16-/m1/s1. The van der Waals surface area contributed by atoms with Crippen LogP contribution >= 0.6 is 11.6 Å². The fourth-order valence-corrected chi connectivity index (χ4v) is 5.56. The summed E-state index contributed by atoms with van der Waals surface area (Å²) >= 11 is 6.81. The highest BCUT2D eigenvalue weighted by Gasteiger charge is 2.43. The summed E-state index contributed by atoms with van der Waals surface area (Å²) in [6, 6.07) is -0.575. The van der Waals surface area contributed by atoms with Crippen LogP contribution in [0, 0.1) is 24.7 Å². The molecular weight excluding hydrogens is 423 g/mol. The molecule has 3 heterocycles. The molecular formula is C22H24ClFN4O3. The number of alkyl halides is 1. The molecule has 2 fully saturated rings.